The third kappa shape index (κ3) is 3.46. The van der Waals surface area contributed by atoms with Crippen molar-refractivity contribution in [3.05, 3.63) is 42.1 Å². The molecule has 0 atom stereocenters. The molecule has 5 heteroatoms. The summed E-state index contributed by atoms with van der Waals surface area (Å²) in [5.41, 5.74) is 3.98. The molecule has 0 saturated heterocycles. The van der Waals surface area contributed by atoms with E-state index in [4.69, 9.17) is 14.5 Å². The van der Waals surface area contributed by atoms with E-state index in [0.717, 1.165) is 34.2 Å². The molecule has 0 spiro atoms. The Morgan fingerprint density at radius 2 is 1.85 bits per heavy atom. The van der Waals surface area contributed by atoms with Crippen LogP contribution in [0.5, 0.6) is 11.5 Å². The molecule has 5 nitrogen and oxygen atoms in total. The standard InChI is InChI=1S/C22H27N3O2/c1-15-9-12-20-24-21(18-13-17(26-2)10-11-19(18)27-3)22(25(20)14-15)23-16-7-5-4-6-8-16/h9-14,16,23H,4-8H2,1-3H3. The van der Waals surface area contributed by atoms with Gasteiger partial charge in [-0.15, -0.1) is 0 Å². The van der Waals surface area contributed by atoms with Crippen molar-refractivity contribution in [1.29, 1.82) is 0 Å². The number of hydrogen-bond donors (Lipinski definition) is 1. The maximum absolute atomic E-state index is 5.63. The summed E-state index contributed by atoms with van der Waals surface area (Å²) in [7, 11) is 3.37. The van der Waals surface area contributed by atoms with Crippen molar-refractivity contribution in [2.24, 2.45) is 0 Å². The third-order valence-electron chi connectivity index (χ3n) is 5.37. The van der Waals surface area contributed by atoms with Crippen LogP contribution >= 0.6 is 0 Å². The van der Waals surface area contributed by atoms with E-state index in [0.29, 0.717) is 6.04 Å². The van der Waals surface area contributed by atoms with Crippen molar-refractivity contribution in [1.82, 2.24) is 9.38 Å². The molecule has 0 radical (unpaired) electrons. The van der Waals surface area contributed by atoms with E-state index in [1.54, 1.807) is 14.2 Å². The Bertz CT molecular complexity index is 942. The number of hydrogen-bond acceptors (Lipinski definition) is 4. The number of aryl methyl sites for hydroxylation is 1. The first-order valence-electron chi connectivity index (χ1n) is 9.67. The van der Waals surface area contributed by atoms with Gasteiger partial charge < -0.3 is 14.8 Å². The van der Waals surface area contributed by atoms with Crippen LogP contribution in [0.15, 0.2) is 36.5 Å². The lowest BCUT2D eigenvalue weighted by atomic mass is 9.95. The van der Waals surface area contributed by atoms with Gasteiger partial charge in [-0.05, 0) is 49.6 Å². The number of pyridine rings is 1. The van der Waals surface area contributed by atoms with Crippen molar-refractivity contribution in [2.75, 3.05) is 19.5 Å². The average molecular weight is 365 g/mol. The third-order valence-corrected chi connectivity index (χ3v) is 5.37. The smallest absolute Gasteiger partial charge is 0.139 e. The molecule has 27 heavy (non-hydrogen) atoms. The normalized spacial score (nSPS) is 15.1. The summed E-state index contributed by atoms with van der Waals surface area (Å²) in [4.78, 5) is 4.94. The molecule has 0 amide bonds. The summed E-state index contributed by atoms with van der Waals surface area (Å²) >= 11 is 0. The van der Waals surface area contributed by atoms with Gasteiger partial charge >= 0.3 is 0 Å². The molecule has 1 fully saturated rings. The number of aromatic nitrogens is 2. The van der Waals surface area contributed by atoms with Crippen molar-refractivity contribution in [3.63, 3.8) is 0 Å². The summed E-state index contributed by atoms with van der Waals surface area (Å²) < 4.78 is 13.2. The monoisotopic (exact) mass is 365 g/mol. The Morgan fingerprint density at radius 3 is 2.59 bits per heavy atom. The number of fused-ring (bicyclic) bond motifs is 1. The van der Waals surface area contributed by atoms with Crippen LogP contribution in [-0.4, -0.2) is 29.6 Å². The number of nitrogens with one attached hydrogen (secondary N) is 1. The zero-order chi connectivity index (χ0) is 18.8. The molecule has 1 N–H and O–H groups in total. The summed E-state index contributed by atoms with van der Waals surface area (Å²) in [6, 6.07) is 10.5. The molecular weight excluding hydrogens is 338 g/mol. The van der Waals surface area contributed by atoms with Gasteiger partial charge in [0.25, 0.3) is 0 Å². The lowest BCUT2D eigenvalue weighted by molar-refractivity contribution is 0.404. The second-order valence-corrected chi connectivity index (χ2v) is 7.29. The number of ether oxygens (including phenoxy) is 2. The average Bonchev–Trinajstić information content (AvgIpc) is 3.05. The first kappa shape index (κ1) is 17.7. The fourth-order valence-corrected chi connectivity index (χ4v) is 3.92. The number of anilines is 1. The first-order chi connectivity index (χ1) is 13.2. The van der Waals surface area contributed by atoms with Gasteiger partial charge in [-0.3, -0.25) is 4.40 Å². The minimum absolute atomic E-state index is 0.481. The molecule has 0 bridgehead atoms. The fourth-order valence-electron chi connectivity index (χ4n) is 3.92. The topological polar surface area (TPSA) is 47.8 Å². The lowest BCUT2D eigenvalue weighted by Gasteiger charge is -2.24. The summed E-state index contributed by atoms with van der Waals surface area (Å²) in [5, 5.41) is 3.79. The minimum Gasteiger partial charge on any atom is -0.497 e. The highest BCUT2D eigenvalue weighted by Gasteiger charge is 2.22. The van der Waals surface area contributed by atoms with Crippen molar-refractivity contribution in [3.8, 4) is 22.8 Å². The summed E-state index contributed by atoms with van der Waals surface area (Å²) in [6.45, 7) is 2.11. The van der Waals surface area contributed by atoms with Crippen LogP contribution in [0.3, 0.4) is 0 Å². The highest BCUT2D eigenvalue weighted by Crippen LogP contribution is 2.38. The Morgan fingerprint density at radius 1 is 1.04 bits per heavy atom. The molecule has 1 aliphatic carbocycles. The van der Waals surface area contributed by atoms with E-state index < -0.39 is 0 Å². The molecule has 4 rings (SSSR count). The van der Waals surface area contributed by atoms with E-state index in [1.165, 1.54) is 37.7 Å². The van der Waals surface area contributed by atoms with Crippen molar-refractivity contribution < 1.29 is 9.47 Å². The van der Waals surface area contributed by atoms with Gasteiger partial charge in [0.05, 0.1) is 14.2 Å². The number of nitrogens with zero attached hydrogens (tertiary/aromatic N) is 2. The quantitative estimate of drug-likeness (QED) is 0.686. The SMILES string of the molecule is COc1ccc(OC)c(-c2nc3ccc(C)cn3c2NC2CCCCC2)c1. The molecular formula is C22H27N3O2. The van der Waals surface area contributed by atoms with Crippen molar-refractivity contribution >= 4 is 11.5 Å². The zero-order valence-electron chi connectivity index (χ0n) is 16.3. The summed E-state index contributed by atoms with van der Waals surface area (Å²) in [5.74, 6) is 2.62. The zero-order valence-corrected chi connectivity index (χ0v) is 16.3. The van der Waals surface area contributed by atoms with Gasteiger partial charge in [0.2, 0.25) is 0 Å². The van der Waals surface area contributed by atoms with Gasteiger partial charge in [0.15, 0.2) is 0 Å². The maximum Gasteiger partial charge on any atom is 0.139 e. The van der Waals surface area contributed by atoms with Crippen LogP contribution in [0, 0.1) is 6.92 Å². The molecule has 1 saturated carbocycles. The molecule has 3 aromatic rings. The van der Waals surface area contributed by atoms with E-state index in [-0.39, 0.29) is 0 Å². The minimum atomic E-state index is 0.481. The lowest BCUT2D eigenvalue weighted by Crippen LogP contribution is -2.23. The number of benzene rings is 1. The molecule has 142 valence electrons. The van der Waals surface area contributed by atoms with E-state index >= 15 is 0 Å². The number of rotatable bonds is 5. The van der Waals surface area contributed by atoms with Crippen LogP contribution < -0.4 is 14.8 Å². The maximum atomic E-state index is 5.63. The second kappa shape index (κ2) is 7.51. The predicted octanol–water partition coefficient (Wildman–Crippen LogP) is 5.07. The van der Waals surface area contributed by atoms with Gasteiger partial charge in [0.1, 0.15) is 28.7 Å². The molecule has 0 aliphatic heterocycles. The molecule has 1 aromatic carbocycles. The van der Waals surface area contributed by atoms with Gasteiger partial charge in [-0.1, -0.05) is 25.3 Å². The largest absolute Gasteiger partial charge is 0.497 e. The Kier molecular flexibility index (Phi) is 4.92. The molecule has 2 heterocycles. The Labute approximate surface area is 160 Å². The first-order valence-corrected chi connectivity index (χ1v) is 9.67. The highest BCUT2D eigenvalue weighted by atomic mass is 16.5. The molecule has 1 aliphatic rings. The van der Waals surface area contributed by atoms with Crippen LogP contribution in [0.25, 0.3) is 16.9 Å². The Balaban J connectivity index is 1.88. The predicted molar refractivity (Wildman–Crippen MR) is 109 cm³/mol. The number of imidazole rings is 1. The van der Waals surface area contributed by atoms with Crippen molar-refractivity contribution in [2.45, 2.75) is 45.1 Å². The van der Waals surface area contributed by atoms with Crippen LogP contribution in [0.1, 0.15) is 37.7 Å². The van der Waals surface area contributed by atoms with E-state index in [2.05, 4.69) is 35.0 Å². The molecule has 2 aromatic heterocycles. The second-order valence-electron chi connectivity index (χ2n) is 7.29. The number of methoxy groups -OCH3 is 2. The van der Waals surface area contributed by atoms with E-state index in [1.807, 2.05) is 18.2 Å². The highest BCUT2D eigenvalue weighted by molar-refractivity contribution is 5.81. The van der Waals surface area contributed by atoms with E-state index in [9.17, 15) is 0 Å². The van der Waals surface area contributed by atoms with Gasteiger partial charge in [-0.2, -0.15) is 0 Å². The van der Waals surface area contributed by atoms with Gasteiger partial charge in [-0.25, -0.2) is 4.98 Å². The van der Waals surface area contributed by atoms with Crippen LogP contribution in [0.4, 0.5) is 5.82 Å². The van der Waals surface area contributed by atoms with Gasteiger partial charge in [0, 0.05) is 17.8 Å². The summed E-state index contributed by atoms with van der Waals surface area (Å²) in [6.07, 6.45) is 8.45. The molecule has 0 unspecified atom stereocenters. The fraction of sp³-hybridized carbons (Fsp3) is 0.409. The van der Waals surface area contributed by atoms with Crippen LogP contribution in [-0.2, 0) is 0 Å². The van der Waals surface area contributed by atoms with Crippen LogP contribution in [0.2, 0.25) is 0 Å². The Hall–Kier alpha value is -2.69.